The van der Waals surface area contributed by atoms with E-state index in [1.54, 1.807) is 24.3 Å². The Morgan fingerprint density at radius 3 is 1.59 bits per heavy atom. The number of hydrogen-bond acceptors (Lipinski definition) is 6. The second-order valence-corrected chi connectivity index (χ2v) is 4.93. The van der Waals surface area contributed by atoms with Crippen molar-refractivity contribution in [2.75, 3.05) is 37.1 Å². The molecule has 118 valence electrons. The van der Waals surface area contributed by atoms with Crippen LogP contribution in [0.25, 0.3) is 0 Å². The predicted molar refractivity (Wildman–Crippen MR) is 75.9 cm³/mol. The fourth-order valence-electron chi connectivity index (χ4n) is 1.61. The van der Waals surface area contributed by atoms with Crippen LogP contribution in [-0.4, -0.2) is 50.8 Å². The van der Waals surface area contributed by atoms with Crippen molar-refractivity contribution in [3.63, 3.8) is 0 Å². The monoisotopic (exact) mass is 308 g/mol. The Hall–Kier alpha value is -2.32. The molecule has 3 rings (SSSR count). The molecule has 0 radical (unpaired) electrons. The van der Waals surface area contributed by atoms with Gasteiger partial charge in [-0.2, -0.15) is 0 Å². The van der Waals surface area contributed by atoms with Crippen LogP contribution in [0.2, 0.25) is 0 Å². The van der Waals surface area contributed by atoms with E-state index in [1.165, 1.54) is 0 Å². The molecule has 2 saturated heterocycles. The Labute approximate surface area is 126 Å². The van der Waals surface area contributed by atoms with E-state index in [0.717, 1.165) is 0 Å². The molecule has 2 atom stereocenters. The highest BCUT2D eigenvalue weighted by Crippen LogP contribution is 2.15. The first-order chi connectivity index (χ1) is 10.7. The van der Waals surface area contributed by atoms with Crippen LogP contribution in [0.15, 0.2) is 24.3 Å². The van der Waals surface area contributed by atoms with Crippen LogP contribution in [0.4, 0.5) is 21.0 Å². The summed E-state index contributed by atoms with van der Waals surface area (Å²) in [5.74, 6) is 0. The molecular weight excluding hydrogens is 292 g/mol. The number of ether oxygens (including phenoxy) is 4. The van der Waals surface area contributed by atoms with Gasteiger partial charge in [0, 0.05) is 11.4 Å². The van der Waals surface area contributed by atoms with Crippen molar-refractivity contribution >= 4 is 23.6 Å². The highest BCUT2D eigenvalue weighted by molar-refractivity contribution is 5.87. The molecule has 2 unspecified atom stereocenters. The smallest absolute Gasteiger partial charge is 0.411 e. The molecule has 2 fully saturated rings. The van der Waals surface area contributed by atoms with E-state index < -0.39 is 12.2 Å². The molecule has 8 nitrogen and oxygen atoms in total. The number of carbonyl (C=O) groups excluding carboxylic acids is 2. The van der Waals surface area contributed by atoms with Gasteiger partial charge in [-0.15, -0.1) is 0 Å². The summed E-state index contributed by atoms with van der Waals surface area (Å²) in [7, 11) is 0. The van der Waals surface area contributed by atoms with Crippen molar-refractivity contribution in [3.05, 3.63) is 24.3 Å². The van der Waals surface area contributed by atoms with Crippen LogP contribution in [0.3, 0.4) is 0 Å². The fraction of sp³-hybridized carbons (Fsp3) is 0.429. The van der Waals surface area contributed by atoms with E-state index >= 15 is 0 Å². The van der Waals surface area contributed by atoms with Crippen LogP contribution >= 0.6 is 0 Å². The number of epoxide rings is 2. The van der Waals surface area contributed by atoms with E-state index in [1.807, 2.05) is 0 Å². The van der Waals surface area contributed by atoms with Crippen LogP contribution < -0.4 is 10.6 Å². The van der Waals surface area contributed by atoms with E-state index in [0.29, 0.717) is 24.6 Å². The molecule has 22 heavy (non-hydrogen) atoms. The number of anilines is 2. The first-order valence-electron chi connectivity index (χ1n) is 6.90. The minimum atomic E-state index is -0.542. The number of hydrogen-bond donors (Lipinski definition) is 2. The summed E-state index contributed by atoms with van der Waals surface area (Å²) in [5.41, 5.74) is 1.12. The van der Waals surface area contributed by atoms with Gasteiger partial charge in [0.2, 0.25) is 0 Å². The SMILES string of the molecule is O=C(Nc1ccc(NC(=O)OCC2CO2)cc1)OCC1CO1. The van der Waals surface area contributed by atoms with Gasteiger partial charge >= 0.3 is 12.2 Å². The Morgan fingerprint density at radius 2 is 1.27 bits per heavy atom. The second kappa shape index (κ2) is 6.63. The molecule has 0 bridgehead atoms. The lowest BCUT2D eigenvalue weighted by molar-refractivity contribution is 0.150. The number of amides is 2. The molecule has 8 heteroatoms. The number of nitrogens with one attached hydrogen (secondary N) is 2. The Kier molecular flexibility index (Phi) is 4.40. The second-order valence-electron chi connectivity index (χ2n) is 4.93. The lowest BCUT2D eigenvalue weighted by Crippen LogP contribution is -2.17. The summed E-state index contributed by atoms with van der Waals surface area (Å²) in [4.78, 5) is 22.9. The molecule has 2 aliphatic heterocycles. The van der Waals surface area contributed by atoms with Crippen LogP contribution in [0.1, 0.15) is 0 Å². The van der Waals surface area contributed by atoms with E-state index in [4.69, 9.17) is 18.9 Å². The molecule has 0 aliphatic carbocycles. The van der Waals surface area contributed by atoms with Gasteiger partial charge in [-0.3, -0.25) is 10.6 Å². The standard InChI is InChI=1S/C14H16N2O6/c17-13(21-7-11-5-19-11)15-9-1-2-10(4-3-9)16-14(18)22-8-12-6-20-12/h1-4,11-12H,5-8H2,(H,15,17)(H,16,18). The third-order valence-electron chi connectivity index (χ3n) is 2.98. The van der Waals surface area contributed by atoms with Crippen molar-refractivity contribution in [2.45, 2.75) is 12.2 Å². The molecule has 0 saturated carbocycles. The van der Waals surface area contributed by atoms with Crippen LogP contribution in [-0.2, 0) is 18.9 Å². The zero-order chi connectivity index (χ0) is 15.4. The van der Waals surface area contributed by atoms with Crippen molar-refractivity contribution in [3.8, 4) is 0 Å². The van der Waals surface area contributed by atoms with Gasteiger partial charge in [0.1, 0.15) is 25.4 Å². The highest BCUT2D eigenvalue weighted by Gasteiger charge is 2.24. The quantitative estimate of drug-likeness (QED) is 0.774. The van der Waals surface area contributed by atoms with Gasteiger partial charge in [-0.1, -0.05) is 0 Å². The average Bonchev–Trinajstić information content (AvgIpc) is 3.39. The maximum atomic E-state index is 11.5. The summed E-state index contributed by atoms with van der Waals surface area (Å²) in [6, 6.07) is 6.59. The van der Waals surface area contributed by atoms with E-state index in [2.05, 4.69) is 10.6 Å². The molecule has 2 heterocycles. The first-order valence-corrected chi connectivity index (χ1v) is 6.90. The lowest BCUT2D eigenvalue weighted by atomic mass is 10.3. The number of carbonyl (C=O) groups is 2. The molecular formula is C14H16N2O6. The van der Waals surface area contributed by atoms with Gasteiger partial charge in [-0.25, -0.2) is 9.59 Å². The highest BCUT2D eigenvalue weighted by atomic mass is 16.6. The molecule has 2 amide bonds. The third kappa shape index (κ3) is 4.90. The molecule has 0 spiro atoms. The number of benzene rings is 1. The Balaban J connectivity index is 1.40. The van der Waals surface area contributed by atoms with E-state index in [9.17, 15) is 9.59 Å². The molecule has 2 aliphatic rings. The van der Waals surface area contributed by atoms with E-state index in [-0.39, 0.29) is 25.4 Å². The molecule has 0 aromatic heterocycles. The molecule has 1 aromatic rings. The summed E-state index contributed by atoms with van der Waals surface area (Å²) >= 11 is 0. The maximum Gasteiger partial charge on any atom is 0.411 e. The van der Waals surface area contributed by atoms with Crippen molar-refractivity contribution in [1.29, 1.82) is 0 Å². The molecule has 1 aromatic carbocycles. The Bertz CT molecular complexity index is 490. The topological polar surface area (TPSA) is 102 Å². The van der Waals surface area contributed by atoms with Gasteiger partial charge < -0.3 is 18.9 Å². The minimum absolute atomic E-state index is 0.0318. The zero-order valence-corrected chi connectivity index (χ0v) is 11.7. The Morgan fingerprint density at radius 1 is 0.909 bits per heavy atom. The summed E-state index contributed by atoms with van der Waals surface area (Å²) in [6.07, 6.45) is -1.02. The van der Waals surface area contributed by atoms with Gasteiger partial charge in [0.25, 0.3) is 0 Å². The van der Waals surface area contributed by atoms with Gasteiger partial charge in [0.05, 0.1) is 13.2 Å². The average molecular weight is 308 g/mol. The van der Waals surface area contributed by atoms with Crippen LogP contribution in [0.5, 0.6) is 0 Å². The van der Waals surface area contributed by atoms with Crippen LogP contribution in [0, 0.1) is 0 Å². The molecule has 2 N–H and O–H groups in total. The maximum absolute atomic E-state index is 11.5. The van der Waals surface area contributed by atoms with Crippen molar-refractivity contribution in [2.24, 2.45) is 0 Å². The summed E-state index contributed by atoms with van der Waals surface area (Å²) in [6.45, 7) is 1.78. The zero-order valence-electron chi connectivity index (χ0n) is 11.7. The van der Waals surface area contributed by atoms with Crippen molar-refractivity contribution in [1.82, 2.24) is 0 Å². The van der Waals surface area contributed by atoms with Crippen molar-refractivity contribution < 1.29 is 28.5 Å². The van der Waals surface area contributed by atoms with Gasteiger partial charge in [0.15, 0.2) is 0 Å². The lowest BCUT2D eigenvalue weighted by Gasteiger charge is -2.08. The minimum Gasteiger partial charge on any atom is -0.446 e. The van der Waals surface area contributed by atoms with Gasteiger partial charge in [-0.05, 0) is 24.3 Å². The fourth-order valence-corrected chi connectivity index (χ4v) is 1.61. The normalized spacial score (nSPS) is 21.6. The summed E-state index contributed by atoms with van der Waals surface area (Å²) < 4.78 is 19.8. The first kappa shape index (κ1) is 14.6. The summed E-state index contributed by atoms with van der Waals surface area (Å²) in [5, 5.41) is 5.15. The third-order valence-corrected chi connectivity index (χ3v) is 2.98. The number of rotatable bonds is 6. The predicted octanol–water partition coefficient (Wildman–Crippen LogP) is 1.58. The largest absolute Gasteiger partial charge is 0.446 e.